The fourth-order valence-electron chi connectivity index (χ4n) is 7.23. The van der Waals surface area contributed by atoms with Gasteiger partial charge in [-0.1, -0.05) is 133 Å². The van der Waals surface area contributed by atoms with Gasteiger partial charge in [0.25, 0.3) is 0 Å². The molecule has 5 aromatic carbocycles. The van der Waals surface area contributed by atoms with E-state index in [1.807, 2.05) is 42.5 Å². The van der Waals surface area contributed by atoms with E-state index < -0.39 is 15.4 Å². The molecule has 1 saturated heterocycles. The zero-order valence-electron chi connectivity index (χ0n) is 29.0. The van der Waals surface area contributed by atoms with Crippen LogP contribution in [0.15, 0.2) is 150 Å². The third-order valence-electron chi connectivity index (χ3n) is 9.74. The molecule has 0 unspecified atom stereocenters. The highest BCUT2D eigenvalue weighted by molar-refractivity contribution is 7.90. The maximum absolute atomic E-state index is 13.1. The van der Waals surface area contributed by atoms with Gasteiger partial charge in [0.15, 0.2) is 9.84 Å². The highest BCUT2D eigenvalue weighted by Crippen LogP contribution is 2.42. The molecule has 1 heterocycles. The van der Waals surface area contributed by atoms with E-state index in [-0.39, 0.29) is 5.75 Å². The van der Waals surface area contributed by atoms with E-state index in [9.17, 15) is 8.42 Å². The molecule has 0 bridgehead atoms. The summed E-state index contributed by atoms with van der Waals surface area (Å²) in [6.07, 6.45) is 2.18. The number of benzene rings is 5. The van der Waals surface area contributed by atoms with Gasteiger partial charge in [0.1, 0.15) is 0 Å². The lowest BCUT2D eigenvalue weighted by molar-refractivity contribution is 0.152. The van der Waals surface area contributed by atoms with Crippen molar-refractivity contribution in [3.63, 3.8) is 0 Å². The van der Waals surface area contributed by atoms with Crippen LogP contribution >= 0.6 is 0 Å². The second-order valence-corrected chi connectivity index (χ2v) is 15.2. The van der Waals surface area contributed by atoms with Crippen molar-refractivity contribution in [3.05, 3.63) is 173 Å². The van der Waals surface area contributed by atoms with E-state index in [1.165, 1.54) is 16.7 Å². The Morgan fingerprint density at radius 3 is 1.52 bits per heavy atom. The molecule has 0 amide bonds. The predicted molar refractivity (Wildman–Crippen MR) is 205 cm³/mol. The predicted octanol–water partition coefficient (Wildman–Crippen LogP) is 6.73. The minimum Gasteiger partial charge on any atom is -0.315 e. The fraction of sp³-hybridized carbons (Fsp3) is 0.302. The normalized spacial score (nSPS) is 16.4. The molecule has 2 N–H and O–H groups in total. The Balaban J connectivity index is 1.17. The van der Waals surface area contributed by atoms with Crippen LogP contribution in [0.25, 0.3) is 0 Å². The van der Waals surface area contributed by atoms with Crippen molar-refractivity contribution in [1.82, 2.24) is 20.4 Å². The van der Waals surface area contributed by atoms with E-state index in [4.69, 9.17) is 0 Å². The molecule has 0 saturated carbocycles. The number of hydrogen-bond donors (Lipinski definition) is 2. The van der Waals surface area contributed by atoms with Crippen molar-refractivity contribution in [1.29, 1.82) is 0 Å². The van der Waals surface area contributed by atoms with Gasteiger partial charge in [0.05, 0.1) is 16.2 Å². The molecule has 0 aliphatic carbocycles. The summed E-state index contributed by atoms with van der Waals surface area (Å²) in [6.45, 7) is 8.10. The van der Waals surface area contributed by atoms with Gasteiger partial charge in [-0.05, 0) is 65.9 Å². The lowest BCUT2D eigenvalue weighted by Crippen LogP contribution is -2.51. The summed E-state index contributed by atoms with van der Waals surface area (Å²) >= 11 is 0. The Morgan fingerprint density at radius 1 is 0.500 bits per heavy atom. The largest absolute Gasteiger partial charge is 0.315 e. The van der Waals surface area contributed by atoms with Gasteiger partial charge in [0.2, 0.25) is 0 Å². The van der Waals surface area contributed by atoms with Gasteiger partial charge in [-0.15, -0.1) is 0 Å². The van der Waals surface area contributed by atoms with Crippen LogP contribution in [-0.4, -0.2) is 70.6 Å². The lowest BCUT2D eigenvalue weighted by Gasteiger charge is -2.46. The Labute approximate surface area is 299 Å². The smallest absolute Gasteiger partial charge is 0.182 e. The third kappa shape index (κ3) is 8.97. The van der Waals surface area contributed by atoms with E-state index in [0.717, 1.165) is 82.9 Å². The number of nitrogens with zero attached hydrogens (tertiary/aromatic N) is 2. The molecule has 0 atom stereocenters. The van der Waals surface area contributed by atoms with Gasteiger partial charge in [-0.25, -0.2) is 8.42 Å². The molecule has 5 aromatic rings. The molecule has 260 valence electrons. The summed E-state index contributed by atoms with van der Waals surface area (Å²) in [6, 6.07) is 49.8. The minimum atomic E-state index is -3.40. The van der Waals surface area contributed by atoms with Gasteiger partial charge in [-0.2, -0.15) is 0 Å². The zero-order valence-corrected chi connectivity index (χ0v) is 29.8. The molecule has 1 fully saturated rings. The van der Waals surface area contributed by atoms with Gasteiger partial charge in [0, 0.05) is 45.8 Å². The first-order chi connectivity index (χ1) is 24.6. The summed E-state index contributed by atoms with van der Waals surface area (Å²) < 4.78 is 26.1. The summed E-state index contributed by atoms with van der Waals surface area (Å²) in [4.78, 5) is 5.52. The summed E-state index contributed by atoms with van der Waals surface area (Å²) in [5, 5.41) is 7.48. The molecular weight excluding hydrogens is 637 g/mol. The Morgan fingerprint density at radius 2 is 0.980 bits per heavy atom. The van der Waals surface area contributed by atoms with Crippen molar-refractivity contribution in [3.8, 4) is 0 Å². The first kappa shape index (κ1) is 35.7. The summed E-state index contributed by atoms with van der Waals surface area (Å²) in [7, 11) is -3.40. The third-order valence-corrected chi connectivity index (χ3v) is 11.4. The second kappa shape index (κ2) is 17.7. The number of nitrogens with one attached hydrogen (secondary N) is 2. The van der Waals surface area contributed by atoms with Crippen molar-refractivity contribution < 1.29 is 8.42 Å². The Kier molecular flexibility index (Phi) is 12.6. The molecule has 6 rings (SSSR count). The standard InChI is InChI=1S/C43H50N4O2S/c48-50(49,36-38-15-5-1-6-16-38)42-25-23-37(24-26-42)35-46-32-28-44-27-13-14-31-47(34-30-45-29-33-46)43(39-17-7-2-8-18-39,40-19-9-3-10-20-40)41-21-11-4-12-22-41/h1-12,15-26,44-45H,13-14,27-36H2. The summed E-state index contributed by atoms with van der Waals surface area (Å²) in [5.41, 5.74) is 5.33. The molecule has 0 radical (unpaired) electrons. The van der Waals surface area contributed by atoms with Crippen LogP contribution in [0.5, 0.6) is 0 Å². The number of sulfone groups is 1. The SMILES string of the molecule is O=S(=O)(Cc1ccccc1)c1ccc(CN2CCNCCCCN(C(c3ccccc3)(c3ccccc3)c3ccccc3)CCNCC2)cc1. The monoisotopic (exact) mass is 686 g/mol. The van der Waals surface area contributed by atoms with E-state index in [0.29, 0.717) is 4.90 Å². The molecule has 6 nitrogen and oxygen atoms in total. The zero-order chi connectivity index (χ0) is 34.5. The van der Waals surface area contributed by atoms with Crippen LogP contribution in [0.3, 0.4) is 0 Å². The number of rotatable bonds is 9. The second-order valence-electron chi connectivity index (χ2n) is 13.2. The van der Waals surface area contributed by atoms with Crippen LogP contribution < -0.4 is 10.6 Å². The van der Waals surface area contributed by atoms with Gasteiger partial charge < -0.3 is 10.6 Å². The average Bonchev–Trinajstić information content (AvgIpc) is 3.15. The van der Waals surface area contributed by atoms with Crippen molar-refractivity contribution in [2.75, 3.05) is 52.4 Å². The maximum atomic E-state index is 13.1. The minimum absolute atomic E-state index is 0.0112. The molecule has 0 aromatic heterocycles. The van der Waals surface area contributed by atoms with Crippen LogP contribution in [0.1, 0.15) is 40.7 Å². The number of hydrogen-bond acceptors (Lipinski definition) is 6. The van der Waals surface area contributed by atoms with Gasteiger partial charge in [-0.3, -0.25) is 9.80 Å². The fourth-order valence-corrected chi connectivity index (χ4v) is 8.58. The molecule has 50 heavy (non-hydrogen) atoms. The van der Waals surface area contributed by atoms with E-state index in [1.54, 1.807) is 12.1 Å². The molecule has 1 aliphatic rings. The highest BCUT2D eigenvalue weighted by Gasteiger charge is 2.41. The van der Waals surface area contributed by atoms with Crippen LogP contribution in [-0.2, 0) is 27.7 Å². The van der Waals surface area contributed by atoms with E-state index in [2.05, 4.69) is 111 Å². The Hall–Kier alpha value is -4.11. The van der Waals surface area contributed by atoms with Crippen molar-refractivity contribution in [2.45, 2.75) is 35.6 Å². The molecule has 1 aliphatic heterocycles. The molecule has 0 spiro atoms. The molecule has 7 heteroatoms. The topological polar surface area (TPSA) is 64.7 Å². The first-order valence-corrected chi connectivity index (χ1v) is 19.6. The van der Waals surface area contributed by atoms with Crippen LogP contribution in [0.2, 0.25) is 0 Å². The Bertz CT molecular complexity index is 1720. The highest BCUT2D eigenvalue weighted by atomic mass is 32.2. The first-order valence-electron chi connectivity index (χ1n) is 18.0. The van der Waals surface area contributed by atoms with Crippen LogP contribution in [0.4, 0.5) is 0 Å². The lowest BCUT2D eigenvalue weighted by atomic mass is 9.75. The van der Waals surface area contributed by atoms with Crippen molar-refractivity contribution in [2.24, 2.45) is 0 Å². The average molecular weight is 687 g/mol. The molecular formula is C43H50N4O2S. The summed E-state index contributed by atoms with van der Waals surface area (Å²) in [5.74, 6) is 0.0112. The quantitative estimate of drug-likeness (QED) is 0.168. The van der Waals surface area contributed by atoms with E-state index >= 15 is 0 Å². The van der Waals surface area contributed by atoms with Crippen molar-refractivity contribution >= 4 is 9.84 Å². The maximum Gasteiger partial charge on any atom is 0.182 e. The van der Waals surface area contributed by atoms with Gasteiger partial charge >= 0.3 is 0 Å². The van der Waals surface area contributed by atoms with Crippen LogP contribution in [0, 0.1) is 0 Å².